The van der Waals surface area contributed by atoms with Gasteiger partial charge in [-0.2, -0.15) is 0 Å². The second kappa shape index (κ2) is 4.75. The number of ether oxygens (including phenoxy) is 1. The summed E-state index contributed by atoms with van der Waals surface area (Å²) in [4.78, 5) is 7.52. The number of pyridine rings is 1. The second-order valence-electron chi connectivity index (χ2n) is 3.21. The number of hydrogen-bond donors (Lipinski definition) is 1. The van der Waals surface area contributed by atoms with Crippen molar-refractivity contribution in [2.75, 3.05) is 13.2 Å². The van der Waals surface area contributed by atoms with Crippen LogP contribution >= 0.6 is 0 Å². The maximum Gasteiger partial charge on any atom is 0.137 e. The molecule has 2 heterocycles. The Labute approximate surface area is 88.8 Å². The predicted octanol–water partition coefficient (Wildman–Crippen LogP) is 2.61. The summed E-state index contributed by atoms with van der Waals surface area (Å²) in [5.41, 5.74) is 1.87. The molecular formula is C12H14N2O. The Balaban J connectivity index is 2.10. The van der Waals surface area contributed by atoms with Gasteiger partial charge in [-0.1, -0.05) is 6.08 Å². The van der Waals surface area contributed by atoms with Crippen molar-refractivity contribution in [2.45, 2.75) is 6.92 Å². The van der Waals surface area contributed by atoms with Crippen LogP contribution in [0.15, 0.2) is 30.5 Å². The molecule has 0 atom stereocenters. The van der Waals surface area contributed by atoms with Crippen LogP contribution in [0.25, 0.3) is 17.1 Å². The molecule has 0 aliphatic carbocycles. The molecule has 0 unspecified atom stereocenters. The molecule has 0 aliphatic rings. The van der Waals surface area contributed by atoms with E-state index in [1.807, 2.05) is 37.4 Å². The van der Waals surface area contributed by atoms with Crippen molar-refractivity contribution in [3.05, 3.63) is 36.2 Å². The first-order valence-electron chi connectivity index (χ1n) is 5.08. The summed E-state index contributed by atoms with van der Waals surface area (Å²) in [6.45, 7) is 3.37. The molecule has 2 rings (SSSR count). The average Bonchev–Trinajstić information content (AvgIpc) is 2.71. The van der Waals surface area contributed by atoms with E-state index in [2.05, 4.69) is 16.0 Å². The minimum Gasteiger partial charge on any atom is -0.378 e. The normalized spacial score (nSPS) is 11.5. The summed E-state index contributed by atoms with van der Waals surface area (Å²) in [5, 5.41) is 1.14. The summed E-state index contributed by atoms with van der Waals surface area (Å²) in [6, 6.07) is 6.06. The highest BCUT2D eigenvalue weighted by Crippen LogP contribution is 2.10. The Bertz CT molecular complexity index is 459. The molecule has 0 bridgehead atoms. The standard InChI is InChI=1S/C12H14N2O/c1-2-15-9-3-4-11-6-5-10-7-8-13-12(10)14-11/h3-8H,2,9H2,1H3,(H,13,14)/b4-3+. The number of aromatic nitrogens is 2. The minimum atomic E-state index is 0.640. The van der Waals surface area contributed by atoms with Crippen LogP contribution in [0.4, 0.5) is 0 Å². The first kappa shape index (κ1) is 9.93. The van der Waals surface area contributed by atoms with Crippen LogP contribution in [-0.4, -0.2) is 23.2 Å². The largest absolute Gasteiger partial charge is 0.378 e. The second-order valence-corrected chi connectivity index (χ2v) is 3.21. The highest BCUT2D eigenvalue weighted by atomic mass is 16.5. The third kappa shape index (κ3) is 2.44. The molecule has 0 radical (unpaired) electrons. The van der Waals surface area contributed by atoms with Crippen LogP contribution in [-0.2, 0) is 4.74 Å². The van der Waals surface area contributed by atoms with Crippen molar-refractivity contribution < 1.29 is 4.74 Å². The van der Waals surface area contributed by atoms with Crippen LogP contribution in [0.5, 0.6) is 0 Å². The van der Waals surface area contributed by atoms with Crippen LogP contribution in [0.1, 0.15) is 12.6 Å². The molecule has 0 aromatic carbocycles. The van der Waals surface area contributed by atoms with E-state index in [-0.39, 0.29) is 0 Å². The van der Waals surface area contributed by atoms with Gasteiger partial charge in [-0.15, -0.1) is 0 Å². The number of aromatic amines is 1. The Kier molecular flexibility index (Phi) is 3.15. The SMILES string of the molecule is CCOC/C=C/c1ccc2cc[nH]c2n1. The maximum absolute atomic E-state index is 5.21. The van der Waals surface area contributed by atoms with Gasteiger partial charge >= 0.3 is 0 Å². The van der Waals surface area contributed by atoms with E-state index in [0.717, 1.165) is 23.3 Å². The van der Waals surface area contributed by atoms with E-state index in [0.29, 0.717) is 6.61 Å². The van der Waals surface area contributed by atoms with Crippen LogP contribution in [0.3, 0.4) is 0 Å². The van der Waals surface area contributed by atoms with E-state index in [1.165, 1.54) is 0 Å². The summed E-state index contributed by atoms with van der Waals surface area (Å²) in [6.07, 6.45) is 5.84. The fourth-order valence-electron chi connectivity index (χ4n) is 1.39. The molecule has 2 aromatic heterocycles. The van der Waals surface area contributed by atoms with Gasteiger partial charge < -0.3 is 9.72 Å². The highest BCUT2D eigenvalue weighted by Gasteiger charge is 1.95. The zero-order valence-electron chi connectivity index (χ0n) is 8.73. The van der Waals surface area contributed by atoms with E-state index < -0.39 is 0 Å². The zero-order chi connectivity index (χ0) is 10.5. The topological polar surface area (TPSA) is 37.9 Å². The Morgan fingerprint density at radius 1 is 1.40 bits per heavy atom. The van der Waals surface area contributed by atoms with Crippen molar-refractivity contribution in [1.82, 2.24) is 9.97 Å². The molecule has 0 fully saturated rings. The maximum atomic E-state index is 5.21. The molecular weight excluding hydrogens is 188 g/mol. The lowest BCUT2D eigenvalue weighted by Crippen LogP contribution is -1.88. The van der Waals surface area contributed by atoms with Crippen molar-refractivity contribution in [2.24, 2.45) is 0 Å². The van der Waals surface area contributed by atoms with Gasteiger partial charge in [0, 0.05) is 18.2 Å². The van der Waals surface area contributed by atoms with Gasteiger partial charge in [-0.3, -0.25) is 0 Å². The van der Waals surface area contributed by atoms with Crippen molar-refractivity contribution in [3.8, 4) is 0 Å². The van der Waals surface area contributed by atoms with Gasteiger partial charge in [-0.25, -0.2) is 4.98 Å². The van der Waals surface area contributed by atoms with Crippen molar-refractivity contribution in [1.29, 1.82) is 0 Å². The van der Waals surface area contributed by atoms with Gasteiger partial charge in [0.2, 0.25) is 0 Å². The van der Waals surface area contributed by atoms with E-state index in [1.54, 1.807) is 0 Å². The number of hydrogen-bond acceptors (Lipinski definition) is 2. The lowest BCUT2D eigenvalue weighted by atomic mass is 10.3. The zero-order valence-corrected chi connectivity index (χ0v) is 8.73. The number of H-pyrrole nitrogens is 1. The van der Waals surface area contributed by atoms with E-state index in [4.69, 9.17) is 4.74 Å². The predicted molar refractivity (Wildman–Crippen MR) is 61.6 cm³/mol. The third-order valence-corrected chi connectivity index (χ3v) is 2.14. The molecule has 0 aliphatic heterocycles. The molecule has 0 saturated carbocycles. The minimum absolute atomic E-state index is 0.640. The van der Waals surface area contributed by atoms with E-state index in [9.17, 15) is 0 Å². The van der Waals surface area contributed by atoms with Gasteiger partial charge in [0.25, 0.3) is 0 Å². The first-order valence-corrected chi connectivity index (χ1v) is 5.08. The molecule has 15 heavy (non-hydrogen) atoms. The number of rotatable bonds is 4. The lowest BCUT2D eigenvalue weighted by molar-refractivity contribution is 0.178. The summed E-state index contributed by atoms with van der Waals surface area (Å²) >= 11 is 0. The molecule has 0 saturated heterocycles. The molecule has 78 valence electrons. The summed E-state index contributed by atoms with van der Waals surface area (Å²) < 4.78 is 5.21. The summed E-state index contributed by atoms with van der Waals surface area (Å²) in [7, 11) is 0. The molecule has 0 amide bonds. The van der Waals surface area contributed by atoms with Gasteiger partial charge in [0.15, 0.2) is 0 Å². The number of nitrogens with one attached hydrogen (secondary N) is 1. The van der Waals surface area contributed by atoms with Crippen molar-refractivity contribution >= 4 is 17.1 Å². The monoisotopic (exact) mass is 202 g/mol. The molecule has 0 spiro atoms. The lowest BCUT2D eigenvalue weighted by Gasteiger charge is -1.95. The molecule has 3 heteroatoms. The Morgan fingerprint density at radius 2 is 2.33 bits per heavy atom. The average molecular weight is 202 g/mol. The third-order valence-electron chi connectivity index (χ3n) is 2.14. The van der Waals surface area contributed by atoms with Crippen LogP contribution in [0, 0.1) is 0 Å². The molecule has 2 aromatic rings. The Morgan fingerprint density at radius 3 is 3.20 bits per heavy atom. The van der Waals surface area contributed by atoms with Gasteiger partial charge in [-0.05, 0) is 31.2 Å². The Hall–Kier alpha value is -1.61. The van der Waals surface area contributed by atoms with Gasteiger partial charge in [0.05, 0.1) is 12.3 Å². The fourth-order valence-corrected chi connectivity index (χ4v) is 1.39. The smallest absolute Gasteiger partial charge is 0.137 e. The van der Waals surface area contributed by atoms with E-state index >= 15 is 0 Å². The number of fused-ring (bicyclic) bond motifs is 1. The first-order chi connectivity index (χ1) is 7.40. The molecule has 3 nitrogen and oxygen atoms in total. The van der Waals surface area contributed by atoms with Crippen LogP contribution < -0.4 is 0 Å². The van der Waals surface area contributed by atoms with Crippen LogP contribution in [0.2, 0.25) is 0 Å². The number of nitrogens with zero attached hydrogens (tertiary/aromatic N) is 1. The highest BCUT2D eigenvalue weighted by molar-refractivity contribution is 5.76. The quantitative estimate of drug-likeness (QED) is 0.774. The molecule has 1 N–H and O–H groups in total. The van der Waals surface area contributed by atoms with Crippen molar-refractivity contribution in [3.63, 3.8) is 0 Å². The fraction of sp³-hybridized carbons (Fsp3) is 0.250. The van der Waals surface area contributed by atoms with Gasteiger partial charge in [0.1, 0.15) is 5.65 Å². The summed E-state index contributed by atoms with van der Waals surface area (Å²) in [5.74, 6) is 0.